The Bertz CT molecular complexity index is 603. The molecule has 0 unspecified atom stereocenters. The number of hydrogen-bond acceptors (Lipinski definition) is 7. The van der Waals surface area contributed by atoms with Gasteiger partial charge in [-0.2, -0.15) is 4.98 Å². The highest BCUT2D eigenvalue weighted by molar-refractivity contribution is 5.51. The van der Waals surface area contributed by atoms with E-state index in [0.717, 1.165) is 31.7 Å². The molecule has 0 spiro atoms. The van der Waals surface area contributed by atoms with E-state index < -0.39 is 0 Å². The van der Waals surface area contributed by atoms with Gasteiger partial charge in [0.05, 0.1) is 24.5 Å². The van der Waals surface area contributed by atoms with Gasteiger partial charge in [-0.1, -0.05) is 5.16 Å². The summed E-state index contributed by atoms with van der Waals surface area (Å²) in [5.74, 6) is 1.87. The summed E-state index contributed by atoms with van der Waals surface area (Å²) >= 11 is 0. The monoisotopic (exact) mass is 334 g/mol. The van der Waals surface area contributed by atoms with E-state index in [1.165, 1.54) is 12.8 Å². The van der Waals surface area contributed by atoms with E-state index in [0.29, 0.717) is 24.2 Å². The van der Waals surface area contributed by atoms with E-state index in [1.54, 1.807) is 12.5 Å². The molecule has 1 saturated heterocycles. The molecule has 3 rings (SSSR count). The standard InChI is InChI=1S/C17H26N4O3/c1-13(22)9-21-6-3-14(4-7-21)10-20(2)11-16-18-17(19-24-16)15-5-8-23-12-15/h5,8,12-14,22H,3-4,6-7,9-11H2,1-2H3/t13-/m0/s1. The number of rotatable bonds is 7. The minimum absolute atomic E-state index is 0.244. The number of aromatic nitrogens is 2. The Labute approximate surface area is 142 Å². The molecule has 24 heavy (non-hydrogen) atoms. The molecule has 7 nitrogen and oxygen atoms in total. The van der Waals surface area contributed by atoms with Crippen LogP contribution in [0.2, 0.25) is 0 Å². The highest BCUT2D eigenvalue weighted by Crippen LogP contribution is 2.20. The van der Waals surface area contributed by atoms with Crippen molar-refractivity contribution >= 4 is 0 Å². The lowest BCUT2D eigenvalue weighted by atomic mass is 9.96. The van der Waals surface area contributed by atoms with E-state index >= 15 is 0 Å². The smallest absolute Gasteiger partial charge is 0.241 e. The second-order valence-corrected chi connectivity index (χ2v) is 6.81. The molecule has 0 aliphatic carbocycles. The summed E-state index contributed by atoms with van der Waals surface area (Å²) in [6.07, 6.45) is 5.30. The van der Waals surface area contributed by atoms with Gasteiger partial charge in [-0.15, -0.1) is 0 Å². The Morgan fingerprint density at radius 3 is 2.88 bits per heavy atom. The molecule has 1 aliphatic rings. The number of furan rings is 1. The first-order valence-electron chi connectivity index (χ1n) is 8.54. The second-order valence-electron chi connectivity index (χ2n) is 6.81. The summed E-state index contributed by atoms with van der Waals surface area (Å²) in [6.45, 7) is 6.43. The average Bonchev–Trinajstić information content (AvgIpc) is 3.19. The molecule has 0 aromatic carbocycles. The van der Waals surface area contributed by atoms with Crippen LogP contribution < -0.4 is 0 Å². The average molecular weight is 334 g/mol. The topological polar surface area (TPSA) is 78.8 Å². The van der Waals surface area contributed by atoms with Crippen molar-refractivity contribution in [3.8, 4) is 11.4 Å². The number of piperidine rings is 1. The van der Waals surface area contributed by atoms with Gasteiger partial charge in [-0.25, -0.2) is 0 Å². The Hall–Kier alpha value is -1.70. The molecule has 1 fully saturated rings. The molecule has 1 aliphatic heterocycles. The third-order valence-electron chi connectivity index (χ3n) is 4.45. The maximum Gasteiger partial charge on any atom is 0.241 e. The fourth-order valence-corrected chi connectivity index (χ4v) is 3.29. The quantitative estimate of drug-likeness (QED) is 0.828. The van der Waals surface area contributed by atoms with Crippen LogP contribution in [0.5, 0.6) is 0 Å². The lowest BCUT2D eigenvalue weighted by Crippen LogP contribution is -2.40. The van der Waals surface area contributed by atoms with Gasteiger partial charge >= 0.3 is 0 Å². The number of nitrogens with zero attached hydrogens (tertiary/aromatic N) is 4. The van der Waals surface area contributed by atoms with E-state index in [1.807, 2.05) is 13.0 Å². The van der Waals surface area contributed by atoms with Gasteiger partial charge in [0.2, 0.25) is 11.7 Å². The molecule has 132 valence electrons. The van der Waals surface area contributed by atoms with Crippen LogP contribution in [0.15, 0.2) is 27.5 Å². The minimum atomic E-state index is -0.244. The summed E-state index contributed by atoms with van der Waals surface area (Å²) in [5.41, 5.74) is 0.832. The van der Waals surface area contributed by atoms with Gasteiger partial charge in [0.1, 0.15) is 6.26 Å². The predicted octanol–water partition coefficient (Wildman–Crippen LogP) is 1.85. The minimum Gasteiger partial charge on any atom is -0.472 e. The lowest BCUT2D eigenvalue weighted by molar-refractivity contribution is 0.0908. The first kappa shape index (κ1) is 17.1. The fraction of sp³-hybridized carbons (Fsp3) is 0.647. The van der Waals surface area contributed by atoms with E-state index in [-0.39, 0.29) is 6.10 Å². The van der Waals surface area contributed by atoms with Crippen molar-refractivity contribution in [2.24, 2.45) is 5.92 Å². The molecule has 1 N–H and O–H groups in total. The van der Waals surface area contributed by atoms with Gasteiger partial charge in [0, 0.05) is 13.1 Å². The van der Waals surface area contributed by atoms with Gasteiger partial charge < -0.3 is 18.9 Å². The van der Waals surface area contributed by atoms with Crippen LogP contribution in [0, 0.1) is 5.92 Å². The first-order chi connectivity index (χ1) is 11.6. The van der Waals surface area contributed by atoms with Crippen molar-refractivity contribution in [3.63, 3.8) is 0 Å². The van der Waals surface area contributed by atoms with Crippen LogP contribution in [-0.4, -0.2) is 64.4 Å². The number of hydrogen-bond donors (Lipinski definition) is 1. The molecule has 1 atom stereocenters. The lowest BCUT2D eigenvalue weighted by Gasteiger charge is -2.34. The van der Waals surface area contributed by atoms with Gasteiger partial charge in [0.15, 0.2) is 0 Å². The summed E-state index contributed by atoms with van der Waals surface area (Å²) in [4.78, 5) is 9.00. The van der Waals surface area contributed by atoms with Crippen LogP contribution in [0.1, 0.15) is 25.7 Å². The highest BCUT2D eigenvalue weighted by Gasteiger charge is 2.22. The summed E-state index contributed by atoms with van der Waals surface area (Å²) in [6, 6.07) is 1.82. The normalized spacial score (nSPS) is 18.3. The van der Waals surface area contributed by atoms with Crippen LogP contribution >= 0.6 is 0 Å². The van der Waals surface area contributed by atoms with Gasteiger partial charge in [-0.3, -0.25) is 4.90 Å². The van der Waals surface area contributed by atoms with E-state index in [9.17, 15) is 5.11 Å². The molecular formula is C17H26N4O3. The van der Waals surface area contributed by atoms with Crippen LogP contribution in [0.3, 0.4) is 0 Å². The molecule has 0 radical (unpaired) electrons. The van der Waals surface area contributed by atoms with Crippen molar-refractivity contribution in [3.05, 3.63) is 24.5 Å². The number of likely N-dealkylation sites (tertiary alicyclic amines) is 1. The molecule has 7 heteroatoms. The summed E-state index contributed by atoms with van der Waals surface area (Å²) < 4.78 is 10.4. The maximum atomic E-state index is 9.47. The molecule has 2 aromatic heterocycles. The van der Waals surface area contributed by atoms with Gasteiger partial charge in [0.25, 0.3) is 0 Å². The third kappa shape index (κ3) is 4.66. The van der Waals surface area contributed by atoms with Crippen LogP contribution in [-0.2, 0) is 6.54 Å². The summed E-state index contributed by atoms with van der Waals surface area (Å²) in [7, 11) is 2.09. The molecule has 0 amide bonds. The highest BCUT2D eigenvalue weighted by atomic mass is 16.5. The maximum absolute atomic E-state index is 9.47. The largest absolute Gasteiger partial charge is 0.472 e. The first-order valence-corrected chi connectivity index (χ1v) is 8.54. The fourth-order valence-electron chi connectivity index (χ4n) is 3.29. The molecule has 0 bridgehead atoms. The Morgan fingerprint density at radius 2 is 2.21 bits per heavy atom. The molecule has 2 aromatic rings. The van der Waals surface area contributed by atoms with E-state index in [4.69, 9.17) is 8.94 Å². The zero-order chi connectivity index (χ0) is 16.9. The molecule has 0 saturated carbocycles. The summed E-state index contributed by atoms with van der Waals surface area (Å²) in [5, 5.41) is 13.5. The Balaban J connectivity index is 1.44. The van der Waals surface area contributed by atoms with Gasteiger partial charge in [-0.05, 0) is 51.9 Å². The molecular weight excluding hydrogens is 308 g/mol. The molecule has 3 heterocycles. The number of aliphatic hydroxyl groups excluding tert-OH is 1. The zero-order valence-electron chi connectivity index (χ0n) is 14.4. The van der Waals surface area contributed by atoms with Crippen molar-refractivity contribution in [2.45, 2.75) is 32.4 Å². The Kier molecular flexibility index (Phi) is 5.65. The third-order valence-corrected chi connectivity index (χ3v) is 4.45. The predicted molar refractivity (Wildman–Crippen MR) is 89.2 cm³/mol. The Morgan fingerprint density at radius 1 is 1.42 bits per heavy atom. The zero-order valence-corrected chi connectivity index (χ0v) is 14.4. The second kappa shape index (κ2) is 7.92. The van der Waals surface area contributed by atoms with Crippen molar-refractivity contribution in [2.75, 3.05) is 33.2 Å². The van der Waals surface area contributed by atoms with Crippen LogP contribution in [0.25, 0.3) is 11.4 Å². The number of β-amino-alcohol motifs (C(OH)–C–C–N with tert-alkyl or cyclic N) is 1. The number of aliphatic hydroxyl groups is 1. The van der Waals surface area contributed by atoms with Crippen LogP contribution in [0.4, 0.5) is 0 Å². The SMILES string of the molecule is C[C@H](O)CN1CCC(CN(C)Cc2nc(-c3ccoc3)no2)CC1. The van der Waals surface area contributed by atoms with Crippen molar-refractivity contribution in [1.29, 1.82) is 0 Å². The van der Waals surface area contributed by atoms with E-state index in [2.05, 4.69) is 27.0 Å². The van der Waals surface area contributed by atoms with Crippen molar-refractivity contribution < 1.29 is 14.0 Å². The van der Waals surface area contributed by atoms with Crippen molar-refractivity contribution in [1.82, 2.24) is 19.9 Å².